The van der Waals surface area contributed by atoms with Gasteiger partial charge in [-0.3, -0.25) is 5.32 Å². The van der Waals surface area contributed by atoms with Gasteiger partial charge < -0.3 is 4.90 Å². The number of aliphatic imine (C=N–C) groups is 1. The van der Waals surface area contributed by atoms with Crippen molar-refractivity contribution in [2.75, 3.05) is 25.6 Å². The number of nitrogens with zero attached hydrogens (tertiary/aromatic N) is 2. The molecule has 0 saturated carbocycles. The van der Waals surface area contributed by atoms with Crippen LogP contribution in [0.2, 0.25) is 0 Å². The van der Waals surface area contributed by atoms with Gasteiger partial charge in [-0.25, -0.2) is 4.99 Å². The Hall–Kier alpha value is 0.260. The molecule has 0 aromatic rings. The fraction of sp³-hybridized carbons (Fsp3) is 0.800. The zero-order valence-corrected chi connectivity index (χ0v) is 8.07. The molecule has 0 aromatic heterocycles. The third-order valence-corrected chi connectivity index (χ3v) is 2.52. The van der Waals surface area contributed by atoms with E-state index in [0.717, 1.165) is 19.9 Å². The Bertz CT molecular complexity index is 150. The summed E-state index contributed by atoms with van der Waals surface area (Å²) in [6, 6.07) is 0. The first kappa shape index (κ1) is 8.36. The van der Waals surface area contributed by atoms with E-state index in [2.05, 4.69) is 15.2 Å². The molecule has 0 aromatic carbocycles. The third-order valence-electron chi connectivity index (χ3n) is 1.49. The molecule has 1 saturated heterocycles. The van der Waals surface area contributed by atoms with Crippen LogP contribution in [-0.2, 0) is 0 Å². The van der Waals surface area contributed by atoms with Crippen molar-refractivity contribution < 1.29 is 0 Å². The first-order valence-electron chi connectivity index (χ1n) is 3.10. The van der Waals surface area contributed by atoms with Gasteiger partial charge in [0.1, 0.15) is 0 Å². The van der Waals surface area contributed by atoms with Crippen molar-refractivity contribution in [3.8, 4) is 0 Å². The Kier molecular flexibility index (Phi) is 3.00. The van der Waals surface area contributed by atoms with Crippen molar-refractivity contribution in [2.24, 2.45) is 4.99 Å². The van der Waals surface area contributed by atoms with Crippen LogP contribution >= 0.6 is 28.7 Å². The van der Waals surface area contributed by atoms with Gasteiger partial charge in [0.2, 0.25) is 0 Å². The highest BCUT2D eigenvalue weighted by Crippen LogP contribution is 2.17. The number of fused-ring (bicyclic) bond motifs is 1. The van der Waals surface area contributed by atoms with Gasteiger partial charge in [0.15, 0.2) is 5.17 Å². The lowest BCUT2D eigenvalue weighted by molar-refractivity contribution is 0.396. The molecule has 0 bridgehead atoms. The predicted octanol–water partition coefficient (Wildman–Crippen LogP) is 0.487. The molecule has 5 heteroatoms. The van der Waals surface area contributed by atoms with Crippen LogP contribution in [0.25, 0.3) is 0 Å². The van der Waals surface area contributed by atoms with Crippen molar-refractivity contribution in [1.82, 2.24) is 10.2 Å². The monoisotopic (exact) mass is 223 g/mol. The molecule has 2 rings (SSSR count). The molecule has 10 heavy (non-hydrogen) atoms. The Balaban J connectivity index is 0.000000500. The number of rotatable bonds is 0. The second-order valence-corrected chi connectivity index (χ2v) is 3.18. The van der Waals surface area contributed by atoms with Gasteiger partial charge in [0.05, 0.1) is 13.3 Å². The Morgan fingerprint density at radius 2 is 2.50 bits per heavy atom. The average Bonchev–Trinajstić information content (AvgIpc) is 2.33. The number of hydrogen-bond acceptors (Lipinski definition) is 4. The normalized spacial score (nSPS) is 23.2. The van der Waals surface area contributed by atoms with Crippen LogP contribution in [0.5, 0.6) is 0 Å². The SMILES string of the molecule is Br.C1N=C2SCCN2CN1. The van der Waals surface area contributed by atoms with Gasteiger partial charge in [-0.05, 0) is 0 Å². The van der Waals surface area contributed by atoms with Crippen molar-refractivity contribution in [3.63, 3.8) is 0 Å². The number of nitrogens with one attached hydrogen (secondary N) is 1. The summed E-state index contributed by atoms with van der Waals surface area (Å²) in [6.07, 6.45) is 0. The van der Waals surface area contributed by atoms with Crippen LogP contribution in [0.1, 0.15) is 0 Å². The summed E-state index contributed by atoms with van der Waals surface area (Å²) in [7, 11) is 0. The van der Waals surface area contributed by atoms with Crippen molar-refractivity contribution in [1.29, 1.82) is 0 Å². The highest BCUT2D eigenvalue weighted by molar-refractivity contribution is 8.93. The zero-order chi connectivity index (χ0) is 6.10. The second kappa shape index (κ2) is 3.59. The molecule has 58 valence electrons. The summed E-state index contributed by atoms with van der Waals surface area (Å²) >= 11 is 1.86. The average molecular weight is 224 g/mol. The van der Waals surface area contributed by atoms with Crippen LogP contribution in [-0.4, -0.2) is 35.7 Å². The van der Waals surface area contributed by atoms with Gasteiger partial charge in [-0.2, -0.15) is 0 Å². The van der Waals surface area contributed by atoms with Crippen LogP contribution in [0.3, 0.4) is 0 Å². The van der Waals surface area contributed by atoms with E-state index in [9.17, 15) is 0 Å². The topological polar surface area (TPSA) is 27.6 Å². The summed E-state index contributed by atoms with van der Waals surface area (Å²) in [5.41, 5.74) is 0. The number of amidine groups is 1. The highest BCUT2D eigenvalue weighted by atomic mass is 79.9. The fourth-order valence-electron chi connectivity index (χ4n) is 1.03. The van der Waals surface area contributed by atoms with E-state index < -0.39 is 0 Å². The van der Waals surface area contributed by atoms with E-state index in [1.54, 1.807) is 0 Å². The maximum Gasteiger partial charge on any atom is 0.161 e. The molecule has 1 fully saturated rings. The maximum atomic E-state index is 4.29. The minimum Gasteiger partial charge on any atom is -0.338 e. The molecule has 0 spiro atoms. The number of hydrogen-bond donors (Lipinski definition) is 1. The lowest BCUT2D eigenvalue weighted by Crippen LogP contribution is -2.39. The Labute approximate surface area is 75.0 Å². The molecular weight excluding hydrogens is 214 g/mol. The molecule has 0 unspecified atom stereocenters. The van der Waals surface area contributed by atoms with Crippen LogP contribution in [0.15, 0.2) is 4.99 Å². The first-order valence-corrected chi connectivity index (χ1v) is 4.08. The fourth-order valence-corrected chi connectivity index (χ4v) is 2.02. The van der Waals surface area contributed by atoms with Gasteiger partial charge in [0, 0.05) is 12.3 Å². The van der Waals surface area contributed by atoms with Crippen molar-refractivity contribution in [2.45, 2.75) is 0 Å². The minimum atomic E-state index is 0. The molecule has 0 amide bonds. The summed E-state index contributed by atoms with van der Waals surface area (Å²) in [5, 5.41) is 4.41. The molecule has 1 N–H and O–H groups in total. The standard InChI is InChI=1S/C5H9N3S.BrH/c1-2-9-5-7-3-6-4-8(1)5;/h6H,1-4H2;1H. The summed E-state index contributed by atoms with van der Waals surface area (Å²) in [5.74, 6) is 1.21. The van der Waals surface area contributed by atoms with E-state index in [1.165, 1.54) is 10.9 Å². The first-order chi connectivity index (χ1) is 4.47. The lowest BCUT2D eigenvalue weighted by Gasteiger charge is -2.21. The minimum absolute atomic E-state index is 0. The summed E-state index contributed by atoms with van der Waals surface area (Å²) < 4.78 is 0. The molecule has 2 aliphatic heterocycles. The van der Waals surface area contributed by atoms with Gasteiger partial charge in [-0.1, -0.05) is 11.8 Å². The smallest absolute Gasteiger partial charge is 0.161 e. The zero-order valence-electron chi connectivity index (χ0n) is 5.54. The number of thioether (sulfide) groups is 1. The van der Waals surface area contributed by atoms with E-state index in [-0.39, 0.29) is 17.0 Å². The quantitative estimate of drug-likeness (QED) is 0.648. The van der Waals surface area contributed by atoms with Crippen LogP contribution < -0.4 is 5.32 Å². The summed E-state index contributed by atoms with van der Waals surface area (Å²) in [4.78, 5) is 6.56. The molecule has 0 radical (unpaired) electrons. The van der Waals surface area contributed by atoms with Crippen LogP contribution in [0, 0.1) is 0 Å². The lowest BCUT2D eigenvalue weighted by atomic mass is 10.6. The third kappa shape index (κ3) is 1.46. The summed E-state index contributed by atoms with van der Waals surface area (Å²) in [6.45, 7) is 2.96. The highest BCUT2D eigenvalue weighted by Gasteiger charge is 2.20. The number of halogens is 1. The molecular formula is C5H10BrN3S. The van der Waals surface area contributed by atoms with Crippen molar-refractivity contribution in [3.05, 3.63) is 0 Å². The van der Waals surface area contributed by atoms with Gasteiger partial charge in [0.25, 0.3) is 0 Å². The molecule has 3 nitrogen and oxygen atoms in total. The van der Waals surface area contributed by atoms with E-state index in [0.29, 0.717) is 0 Å². The molecule has 0 aliphatic carbocycles. The largest absolute Gasteiger partial charge is 0.338 e. The Morgan fingerprint density at radius 3 is 3.30 bits per heavy atom. The molecule has 0 atom stereocenters. The van der Waals surface area contributed by atoms with Crippen LogP contribution in [0.4, 0.5) is 0 Å². The van der Waals surface area contributed by atoms with Gasteiger partial charge >= 0.3 is 0 Å². The molecule has 2 aliphatic rings. The predicted molar refractivity (Wildman–Crippen MR) is 49.8 cm³/mol. The van der Waals surface area contributed by atoms with E-state index >= 15 is 0 Å². The Morgan fingerprint density at radius 1 is 1.60 bits per heavy atom. The van der Waals surface area contributed by atoms with E-state index in [1.807, 2.05) is 11.8 Å². The van der Waals surface area contributed by atoms with Crippen molar-refractivity contribution >= 4 is 33.9 Å². The van der Waals surface area contributed by atoms with E-state index in [4.69, 9.17) is 0 Å². The van der Waals surface area contributed by atoms with Gasteiger partial charge in [-0.15, -0.1) is 17.0 Å². The second-order valence-electron chi connectivity index (χ2n) is 2.12. The maximum absolute atomic E-state index is 4.29. The molecule has 2 heterocycles.